The van der Waals surface area contributed by atoms with Gasteiger partial charge in [-0.25, -0.2) is 9.97 Å². The van der Waals surface area contributed by atoms with Crippen molar-refractivity contribution >= 4 is 0 Å². The van der Waals surface area contributed by atoms with Crippen molar-refractivity contribution in [2.45, 2.75) is 117 Å². The number of rotatable bonds is 16. The van der Waals surface area contributed by atoms with Gasteiger partial charge in [0.2, 0.25) is 0 Å². The normalized spacial score (nSPS) is 18.2. The maximum absolute atomic E-state index is 6.03. The third-order valence-corrected chi connectivity index (χ3v) is 7.72. The molecule has 0 radical (unpaired) electrons. The molecule has 0 spiro atoms. The smallest absolute Gasteiger partial charge is 0.159 e. The molecule has 0 N–H and O–H groups in total. The SMILES string of the molecule is CCCCCCCCCCc1cnc(-c2ccc(OCCCC3CCCCC3CC)cc2)nc1. The van der Waals surface area contributed by atoms with Gasteiger partial charge < -0.3 is 4.74 Å². The Morgan fingerprint density at radius 1 is 0.765 bits per heavy atom. The van der Waals surface area contributed by atoms with E-state index >= 15 is 0 Å². The minimum atomic E-state index is 0.800. The molecule has 1 heterocycles. The highest BCUT2D eigenvalue weighted by atomic mass is 16.5. The van der Waals surface area contributed by atoms with Crippen LogP contribution in [0.2, 0.25) is 0 Å². The molecular weight excluding hydrogens is 416 g/mol. The number of aryl methyl sites for hydroxylation is 1. The van der Waals surface area contributed by atoms with Crippen LogP contribution in [0.3, 0.4) is 0 Å². The summed E-state index contributed by atoms with van der Waals surface area (Å²) in [4.78, 5) is 9.24. The van der Waals surface area contributed by atoms with E-state index in [0.29, 0.717) is 0 Å². The number of hydrogen-bond acceptors (Lipinski definition) is 3. The van der Waals surface area contributed by atoms with Gasteiger partial charge in [-0.05, 0) is 67.3 Å². The molecule has 3 nitrogen and oxygen atoms in total. The second-order valence-electron chi connectivity index (χ2n) is 10.4. The average Bonchev–Trinajstić information content (AvgIpc) is 2.89. The van der Waals surface area contributed by atoms with Crippen molar-refractivity contribution in [1.82, 2.24) is 9.97 Å². The third kappa shape index (κ3) is 9.39. The van der Waals surface area contributed by atoms with Gasteiger partial charge in [0, 0.05) is 18.0 Å². The summed E-state index contributed by atoms with van der Waals surface area (Å²) in [5, 5.41) is 0. The van der Waals surface area contributed by atoms with Gasteiger partial charge >= 0.3 is 0 Å². The topological polar surface area (TPSA) is 35.0 Å². The van der Waals surface area contributed by atoms with Crippen LogP contribution in [0, 0.1) is 11.8 Å². The highest BCUT2D eigenvalue weighted by Gasteiger charge is 2.22. The summed E-state index contributed by atoms with van der Waals surface area (Å²) in [7, 11) is 0. The molecule has 0 bridgehead atoms. The number of ether oxygens (including phenoxy) is 1. The van der Waals surface area contributed by atoms with Crippen molar-refractivity contribution in [2.24, 2.45) is 11.8 Å². The quantitative estimate of drug-likeness (QED) is 0.232. The van der Waals surface area contributed by atoms with Crippen LogP contribution in [0.1, 0.15) is 116 Å². The summed E-state index contributed by atoms with van der Waals surface area (Å²) in [6, 6.07) is 8.28. The van der Waals surface area contributed by atoms with E-state index in [2.05, 4.69) is 48.1 Å². The molecule has 2 aromatic rings. The minimum Gasteiger partial charge on any atom is -0.494 e. The molecule has 3 rings (SSSR count). The molecule has 0 amide bonds. The lowest BCUT2D eigenvalue weighted by Gasteiger charge is -2.30. The van der Waals surface area contributed by atoms with Gasteiger partial charge in [-0.3, -0.25) is 0 Å². The molecule has 0 saturated heterocycles. The Bertz CT molecular complexity index is 771. The summed E-state index contributed by atoms with van der Waals surface area (Å²) in [5.41, 5.74) is 2.30. The standard InChI is InChI=1S/C31H48N2O/c1-3-5-6-7-8-9-10-11-15-26-24-32-31(33-25-26)29-19-21-30(22-20-29)34-23-14-18-28-17-13-12-16-27(28)4-2/h19-22,24-25,27-28H,3-18,23H2,1-2H3. The lowest BCUT2D eigenvalue weighted by atomic mass is 9.76. The Balaban J connectivity index is 1.33. The van der Waals surface area contributed by atoms with Gasteiger partial charge in [0.1, 0.15) is 5.75 Å². The molecule has 1 aromatic carbocycles. The van der Waals surface area contributed by atoms with Crippen molar-refractivity contribution in [2.75, 3.05) is 6.61 Å². The van der Waals surface area contributed by atoms with Crippen LogP contribution >= 0.6 is 0 Å². The van der Waals surface area contributed by atoms with Crippen molar-refractivity contribution < 1.29 is 4.74 Å². The lowest BCUT2D eigenvalue weighted by Crippen LogP contribution is -2.19. The molecular formula is C31H48N2O. The molecule has 3 heteroatoms. The summed E-state index contributed by atoms with van der Waals surface area (Å²) in [5.74, 6) is 3.61. The second-order valence-corrected chi connectivity index (χ2v) is 10.4. The second kappa shape index (κ2) is 15.9. The highest BCUT2D eigenvalue weighted by Crippen LogP contribution is 2.35. The predicted octanol–water partition coefficient (Wildman–Crippen LogP) is 9.20. The van der Waals surface area contributed by atoms with E-state index in [4.69, 9.17) is 4.74 Å². The fraction of sp³-hybridized carbons (Fsp3) is 0.677. The zero-order valence-corrected chi connectivity index (χ0v) is 21.9. The monoisotopic (exact) mass is 464 g/mol. The van der Waals surface area contributed by atoms with Crippen LogP contribution < -0.4 is 4.74 Å². The van der Waals surface area contributed by atoms with E-state index < -0.39 is 0 Å². The van der Waals surface area contributed by atoms with E-state index in [-0.39, 0.29) is 0 Å². The highest BCUT2D eigenvalue weighted by molar-refractivity contribution is 5.55. The van der Waals surface area contributed by atoms with Crippen LogP contribution in [0.5, 0.6) is 5.75 Å². The van der Waals surface area contributed by atoms with Crippen molar-refractivity contribution in [3.63, 3.8) is 0 Å². The van der Waals surface area contributed by atoms with E-state index in [1.165, 1.54) is 95.5 Å². The predicted molar refractivity (Wildman–Crippen MR) is 144 cm³/mol. The largest absolute Gasteiger partial charge is 0.494 e. The molecule has 1 aliphatic carbocycles. The van der Waals surface area contributed by atoms with Crippen molar-refractivity contribution in [3.8, 4) is 17.1 Å². The van der Waals surface area contributed by atoms with Gasteiger partial charge in [0.25, 0.3) is 0 Å². The number of hydrogen-bond donors (Lipinski definition) is 0. The van der Waals surface area contributed by atoms with Gasteiger partial charge in [-0.2, -0.15) is 0 Å². The number of benzene rings is 1. The van der Waals surface area contributed by atoms with Crippen LogP contribution in [-0.4, -0.2) is 16.6 Å². The van der Waals surface area contributed by atoms with E-state index in [1.54, 1.807) is 0 Å². The molecule has 1 saturated carbocycles. The molecule has 188 valence electrons. The first kappa shape index (κ1) is 26.7. The van der Waals surface area contributed by atoms with Gasteiger partial charge in [0.05, 0.1) is 6.61 Å². The number of aromatic nitrogens is 2. The molecule has 1 fully saturated rings. The fourth-order valence-corrected chi connectivity index (χ4v) is 5.53. The Labute approximate surface area is 209 Å². The van der Waals surface area contributed by atoms with Crippen molar-refractivity contribution in [1.29, 1.82) is 0 Å². The van der Waals surface area contributed by atoms with Gasteiger partial charge in [-0.1, -0.05) is 90.9 Å². The average molecular weight is 465 g/mol. The zero-order valence-electron chi connectivity index (χ0n) is 21.9. The van der Waals surface area contributed by atoms with Crippen LogP contribution in [-0.2, 0) is 6.42 Å². The minimum absolute atomic E-state index is 0.800. The summed E-state index contributed by atoms with van der Waals surface area (Å²) in [6.07, 6.45) is 25.4. The molecule has 34 heavy (non-hydrogen) atoms. The van der Waals surface area contributed by atoms with Gasteiger partial charge in [-0.15, -0.1) is 0 Å². The molecule has 0 aliphatic heterocycles. The lowest BCUT2D eigenvalue weighted by molar-refractivity contribution is 0.199. The Morgan fingerprint density at radius 3 is 2.09 bits per heavy atom. The van der Waals surface area contributed by atoms with Crippen LogP contribution in [0.25, 0.3) is 11.4 Å². The summed E-state index contributed by atoms with van der Waals surface area (Å²) >= 11 is 0. The molecule has 2 unspecified atom stereocenters. The first-order valence-electron chi connectivity index (χ1n) is 14.3. The van der Waals surface area contributed by atoms with Crippen molar-refractivity contribution in [3.05, 3.63) is 42.2 Å². The van der Waals surface area contributed by atoms with E-state index in [1.807, 2.05) is 12.4 Å². The molecule has 1 aliphatic rings. The number of unbranched alkanes of at least 4 members (excludes halogenated alkanes) is 7. The first-order chi connectivity index (χ1) is 16.8. The number of nitrogens with zero attached hydrogens (tertiary/aromatic N) is 2. The third-order valence-electron chi connectivity index (χ3n) is 7.72. The maximum Gasteiger partial charge on any atom is 0.159 e. The van der Waals surface area contributed by atoms with Crippen LogP contribution in [0.4, 0.5) is 0 Å². The molecule has 2 atom stereocenters. The fourth-order valence-electron chi connectivity index (χ4n) is 5.53. The maximum atomic E-state index is 6.03. The van der Waals surface area contributed by atoms with E-state index in [0.717, 1.165) is 48.4 Å². The van der Waals surface area contributed by atoms with E-state index in [9.17, 15) is 0 Å². The van der Waals surface area contributed by atoms with Crippen LogP contribution in [0.15, 0.2) is 36.7 Å². The Kier molecular flexibility index (Phi) is 12.5. The summed E-state index contributed by atoms with van der Waals surface area (Å²) in [6.45, 7) is 5.45. The first-order valence-corrected chi connectivity index (χ1v) is 14.3. The molecule has 1 aromatic heterocycles. The Hall–Kier alpha value is -1.90. The summed E-state index contributed by atoms with van der Waals surface area (Å²) < 4.78 is 6.03. The van der Waals surface area contributed by atoms with Gasteiger partial charge in [0.15, 0.2) is 5.82 Å². The zero-order chi connectivity index (χ0) is 23.8. The Morgan fingerprint density at radius 2 is 1.41 bits per heavy atom.